The van der Waals surface area contributed by atoms with Gasteiger partial charge in [-0.15, -0.1) is 0 Å². The predicted molar refractivity (Wildman–Crippen MR) is 87.9 cm³/mol. The minimum atomic E-state index is 0.165. The summed E-state index contributed by atoms with van der Waals surface area (Å²) in [7, 11) is 0. The van der Waals surface area contributed by atoms with Crippen molar-refractivity contribution in [2.24, 2.45) is 5.92 Å². The number of nitrogens with one attached hydrogen (secondary N) is 1. The maximum absolute atomic E-state index is 6.41. The third-order valence-corrected chi connectivity index (χ3v) is 4.60. The Balaban J connectivity index is 2.00. The van der Waals surface area contributed by atoms with Gasteiger partial charge in [0.1, 0.15) is 0 Å². The van der Waals surface area contributed by atoms with Crippen LogP contribution in [-0.4, -0.2) is 19.2 Å². The molecule has 0 spiro atoms. The van der Waals surface area contributed by atoms with E-state index in [1.165, 1.54) is 31.2 Å². The number of rotatable bonds is 6. The first kappa shape index (κ1) is 16.0. The SMILES string of the molecule is CCNCC(OC1CCCC(C)C1)c1ccc(Br)cc1. The highest BCUT2D eigenvalue weighted by atomic mass is 79.9. The first-order valence-electron chi connectivity index (χ1n) is 7.80. The zero-order valence-electron chi connectivity index (χ0n) is 12.6. The third kappa shape index (κ3) is 4.87. The van der Waals surface area contributed by atoms with Crippen LogP contribution in [0, 0.1) is 5.92 Å². The lowest BCUT2D eigenvalue weighted by Gasteiger charge is -2.31. The van der Waals surface area contributed by atoms with Gasteiger partial charge < -0.3 is 10.1 Å². The molecular formula is C17H26BrNO. The van der Waals surface area contributed by atoms with Crippen molar-refractivity contribution in [2.75, 3.05) is 13.1 Å². The lowest BCUT2D eigenvalue weighted by molar-refractivity contribution is -0.0393. The summed E-state index contributed by atoms with van der Waals surface area (Å²) in [6, 6.07) is 8.53. The minimum Gasteiger partial charge on any atom is -0.369 e. The van der Waals surface area contributed by atoms with Gasteiger partial charge in [-0.1, -0.05) is 54.8 Å². The third-order valence-electron chi connectivity index (χ3n) is 4.07. The molecular weight excluding hydrogens is 314 g/mol. The fourth-order valence-electron chi connectivity index (χ4n) is 2.93. The second-order valence-electron chi connectivity index (χ2n) is 5.88. The maximum atomic E-state index is 6.41. The topological polar surface area (TPSA) is 21.3 Å². The molecule has 2 nitrogen and oxygen atoms in total. The molecule has 0 heterocycles. The smallest absolute Gasteiger partial charge is 0.0952 e. The minimum absolute atomic E-state index is 0.165. The van der Waals surface area contributed by atoms with Crippen molar-refractivity contribution in [3.63, 3.8) is 0 Å². The summed E-state index contributed by atoms with van der Waals surface area (Å²) in [4.78, 5) is 0. The van der Waals surface area contributed by atoms with Crippen LogP contribution in [0.25, 0.3) is 0 Å². The number of likely N-dealkylation sites (N-methyl/N-ethyl adjacent to an activating group) is 1. The van der Waals surface area contributed by atoms with Crippen LogP contribution >= 0.6 is 15.9 Å². The van der Waals surface area contributed by atoms with E-state index in [9.17, 15) is 0 Å². The van der Waals surface area contributed by atoms with Crippen molar-refractivity contribution in [3.8, 4) is 0 Å². The predicted octanol–water partition coefficient (Wildman–Crippen LogP) is 4.70. The van der Waals surface area contributed by atoms with Gasteiger partial charge in [0.25, 0.3) is 0 Å². The van der Waals surface area contributed by atoms with Crippen LogP contribution in [0.5, 0.6) is 0 Å². The van der Waals surface area contributed by atoms with Gasteiger partial charge >= 0.3 is 0 Å². The highest BCUT2D eigenvalue weighted by Crippen LogP contribution is 2.30. The number of hydrogen-bond donors (Lipinski definition) is 1. The zero-order valence-corrected chi connectivity index (χ0v) is 14.2. The Morgan fingerprint density at radius 3 is 2.70 bits per heavy atom. The van der Waals surface area contributed by atoms with Crippen molar-refractivity contribution in [3.05, 3.63) is 34.3 Å². The van der Waals surface area contributed by atoms with E-state index in [2.05, 4.69) is 59.4 Å². The maximum Gasteiger partial charge on any atom is 0.0952 e. The highest BCUT2D eigenvalue weighted by Gasteiger charge is 2.23. The molecule has 1 aliphatic carbocycles. The van der Waals surface area contributed by atoms with Crippen LogP contribution in [-0.2, 0) is 4.74 Å². The van der Waals surface area contributed by atoms with E-state index in [1.807, 2.05) is 0 Å². The molecule has 2 rings (SSSR count). The first-order valence-corrected chi connectivity index (χ1v) is 8.60. The summed E-state index contributed by atoms with van der Waals surface area (Å²) in [5, 5.41) is 3.43. The largest absolute Gasteiger partial charge is 0.369 e. The molecule has 0 amide bonds. The Hall–Kier alpha value is -0.380. The zero-order chi connectivity index (χ0) is 14.4. The van der Waals surface area contributed by atoms with Gasteiger partial charge in [-0.3, -0.25) is 0 Å². The Kier molecular flexibility index (Phi) is 6.53. The number of hydrogen-bond acceptors (Lipinski definition) is 2. The molecule has 0 saturated heterocycles. The molecule has 3 atom stereocenters. The molecule has 20 heavy (non-hydrogen) atoms. The highest BCUT2D eigenvalue weighted by molar-refractivity contribution is 9.10. The monoisotopic (exact) mass is 339 g/mol. The van der Waals surface area contributed by atoms with Gasteiger partial charge in [-0.05, 0) is 43.0 Å². The van der Waals surface area contributed by atoms with E-state index in [-0.39, 0.29) is 6.10 Å². The molecule has 0 radical (unpaired) electrons. The molecule has 1 aromatic rings. The number of benzene rings is 1. The molecule has 0 aromatic heterocycles. The number of ether oxygens (including phenoxy) is 1. The molecule has 1 saturated carbocycles. The Morgan fingerprint density at radius 1 is 1.30 bits per heavy atom. The van der Waals surface area contributed by atoms with Gasteiger partial charge in [0, 0.05) is 11.0 Å². The molecule has 1 aliphatic rings. The standard InChI is InChI=1S/C17H26BrNO/c1-3-19-12-17(14-7-9-15(18)10-8-14)20-16-6-4-5-13(2)11-16/h7-10,13,16-17,19H,3-6,11-12H2,1-2H3. The van der Waals surface area contributed by atoms with Crippen LogP contribution in [0.1, 0.15) is 51.2 Å². The molecule has 1 N–H and O–H groups in total. The van der Waals surface area contributed by atoms with E-state index in [0.29, 0.717) is 6.10 Å². The normalized spacial score (nSPS) is 24.6. The van der Waals surface area contributed by atoms with E-state index in [1.54, 1.807) is 0 Å². The van der Waals surface area contributed by atoms with Crippen LogP contribution in [0.15, 0.2) is 28.7 Å². The van der Waals surface area contributed by atoms with E-state index >= 15 is 0 Å². The van der Waals surface area contributed by atoms with Gasteiger partial charge in [0.2, 0.25) is 0 Å². The summed E-state index contributed by atoms with van der Waals surface area (Å²) < 4.78 is 7.53. The van der Waals surface area contributed by atoms with Crippen molar-refractivity contribution in [2.45, 2.75) is 51.7 Å². The Morgan fingerprint density at radius 2 is 2.05 bits per heavy atom. The molecule has 1 aromatic carbocycles. The average molecular weight is 340 g/mol. The van der Waals surface area contributed by atoms with Gasteiger partial charge in [-0.2, -0.15) is 0 Å². The Bertz CT molecular complexity index is 392. The van der Waals surface area contributed by atoms with Gasteiger partial charge in [-0.25, -0.2) is 0 Å². The van der Waals surface area contributed by atoms with Gasteiger partial charge in [0.15, 0.2) is 0 Å². The quantitative estimate of drug-likeness (QED) is 0.811. The van der Waals surface area contributed by atoms with Crippen molar-refractivity contribution < 1.29 is 4.74 Å². The molecule has 3 heteroatoms. The van der Waals surface area contributed by atoms with Crippen LogP contribution in [0.4, 0.5) is 0 Å². The second-order valence-corrected chi connectivity index (χ2v) is 6.79. The fraction of sp³-hybridized carbons (Fsp3) is 0.647. The molecule has 3 unspecified atom stereocenters. The van der Waals surface area contributed by atoms with Crippen molar-refractivity contribution >= 4 is 15.9 Å². The van der Waals surface area contributed by atoms with Crippen LogP contribution in [0.2, 0.25) is 0 Å². The second kappa shape index (κ2) is 8.16. The van der Waals surface area contributed by atoms with E-state index in [0.717, 1.165) is 23.5 Å². The first-order chi connectivity index (χ1) is 9.69. The van der Waals surface area contributed by atoms with Crippen LogP contribution in [0.3, 0.4) is 0 Å². The average Bonchev–Trinajstić information content (AvgIpc) is 2.44. The summed E-state index contributed by atoms with van der Waals surface area (Å²) >= 11 is 3.50. The van der Waals surface area contributed by atoms with Crippen molar-refractivity contribution in [1.82, 2.24) is 5.32 Å². The molecule has 112 valence electrons. The fourth-order valence-corrected chi connectivity index (χ4v) is 3.20. The van der Waals surface area contributed by atoms with E-state index in [4.69, 9.17) is 4.74 Å². The summed E-state index contributed by atoms with van der Waals surface area (Å²) in [6.45, 7) is 6.36. The van der Waals surface area contributed by atoms with Crippen LogP contribution < -0.4 is 5.32 Å². The molecule has 1 fully saturated rings. The molecule has 0 bridgehead atoms. The lowest BCUT2D eigenvalue weighted by Crippen LogP contribution is -2.29. The summed E-state index contributed by atoms with van der Waals surface area (Å²) in [5.41, 5.74) is 1.27. The summed E-state index contributed by atoms with van der Waals surface area (Å²) in [5.74, 6) is 0.804. The van der Waals surface area contributed by atoms with Gasteiger partial charge in [0.05, 0.1) is 12.2 Å². The lowest BCUT2D eigenvalue weighted by atomic mass is 9.88. The summed E-state index contributed by atoms with van der Waals surface area (Å²) in [6.07, 6.45) is 5.67. The Labute approximate surface area is 131 Å². The van der Waals surface area contributed by atoms with E-state index < -0.39 is 0 Å². The van der Waals surface area contributed by atoms with Crippen molar-refractivity contribution in [1.29, 1.82) is 0 Å². The molecule has 0 aliphatic heterocycles. The number of halogens is 1.